The molecule has 0 bridgehead atoms. The summed E-state index contributed by atoms with van der Waals surface area (Å²) in [5.41, 5.74) is 5.72. The maximum Gasteiger partial charge on any atom is 0.247 e. The molecule has 2 aromatic heterocycles. The maximum absolute atomic E-state index is 10.2. The molecule has 0 radical (unpaired) electrons. The first-order valence-corrected chi connectivity index (χ1v) is 6.91. The summed E-state index contributed by atoms with van der Waals surface area (Å²) in [6.07, 6.45) is -3.02. The van der Waals surface area contributed by atoms with Gasteiger partial charge in [-0.05, 0) is 0 Å². The highest BCUT2D eigenvalue weighted by atomic mass is 16.6. The molecule has 0 spiro atoms. The van der Waals surface area contributed by atoms with Gasteiger partial charge in [0.05, 0.1) is 12.9 Å². The highest BCUT2D eigenvalue weighted by molar-refractivity contribution is 5.84. The molecule has 5 N–H and O–H groups in total. The molecule has 1 fully saturated rings. The van der Waals surface area contributed by atoms with Gasteiger partial charge >= 0.3 is 0 Å². The normalized spacial score (nSPS) is 26.5. The Hall–Kier alpha value is -2.67. The number of nitrogens with one attached hydrogen (secondary N) is 2. The maximum atomic E-state index is 10.2. The number of aromatic nitrogens is 4. The second-order valence-corrected chi connectivity index (χ2v) is 4.99. The molecule has 3 heterocycles. The van der Waals surface area contributed by atoms with E-state index < -0.39 is 31.1 Å². The Bertz CT molecular complexity index is 765. The monoisotopic (exact) mass is 336 g/mol. The largest absolute Gasteiger partial charge is 0.394 e. The van der Waals surface area contributed by atoms with E-state index in [1.807, 2.05) is 0 Å². The van der Waals surface area contributed by atoms with Crippen LogP contribution in [-0.4, -0.2) is 73.2 Å². The van der Waals surface area contributed by atoms with Crippen molar-refractivity contribution >= 4 is 36.4 Å². The summed E-state index contributed by atoms with van der Waals surface area (Å²) in [6, 6.07) is 0. The summed E-state index contributed by atoms with van der Waals surface area (Å²) >= 11 is 0. The molecule has 1 aliphatic rings. The third-order valence-electron chi connectivity index (χ3n) is 3.58. The van der Waals surface area contributed by atoms with Gasteiger partial charge in [-0.3, -0.25) is 9.99 Å². The van der Waals surface area contributed by atoms with Crippen LogP contribution in [-0.2, 0) is 4.74 Å². The van der Waals surface area contributed by atoms with Crippen LogP contribution in [0.1, 0.15) is 6.23 Å². The average molecular weight is 336 g/mol. The fourth-order valence-electron chi connectivity index (χ4n) is 2.49. The molecule has 2 aromatic rings. The van der Waals surface area contributed by atoms with E-state index in [2.05, 4.69) is 49.4 Å². The zero-order valence-corrected chi connectivity index (χ0v) is 12.4. The van der Waals surface area contributed by atoms with Crippen molar-refractivity contribution in [1.82, 2.24) is 19.5 Å². The molecule has 24 heavy (non-hydrogen) atoms. The summed E-state index contributed by atoms with van der Waals surface area (Å²) < 4.78 is 6.91. The lowest BCUT2D eigenvalue weighted by atomic mass is 10.1. The van der Waals surface area contributed by atoms with E-state index in [-0.39, 0.29) is 17.4 Å². The number of hydrogen-bond acceptors (Lipinski definition) is 11. The highest BCUT2D eigenvalue weighted by Crippen LogP contribution is 2.32. The first-order chi connectivity index (χ1) is 11.6. The van der Waals surface area contributed by atoms with Gasteiger partial charge in [-0.15, -0.1) is 0 Å². The van der Waals surface area contributed by atoms with Crippen LogP contribution in [0.2, 0.25) is 0 Å². The highest BCUT2D eigenvalue weighted by Gasteiger charge is 2.44. The average Bonchev–Trinajstić information content (AvgIpc) is 3.10. The van der Waals surface area contributed by atoms with Gasteiger partial charge in [-0.25, -0.2) is 10.4 Å². The molecule has 1 saturated heterocycles. The van der Waals surface area contributed by atoms with Crippen molar-refractivity contribution < 1.29 is 20.1 Å². The van der Waals surface area contributed by atoms with Gasteiger partial charge in [0.15, 0.2) is 23.2 Å². The third kappa shape index (κ3) is 2.56. The van der Waals surface area contributed by atoms with Crippen LogP contribution < -0.4 is 10.9 Å². The van der Waals surface area contributed by atoms with E-state index in [1.54, 1.807) is 0 Å². The molecule has 0 amide bonds. The fourth-order valence-corrected chi connectivity index (χ4v) is 2.49. The Balaban J connectivity index is 2.09. The number of hydrogen-bond donors (Lipinski definition) is 5. The molecule has 12 heteroatoms. The van der Waals surface area contributed by atoms with Gasteiger partial charge in [0, 0.05) is 13.4 Å². The predicted octanol–water partition coefficient (Wildman–Crippen LogP) is -1.51. The number of ether oxygens (including phenoxy) is 1. The van der Waals surface area contributed by atoms with Crippen LogP contribution in [0.25, 0.3) is 11.2 Å². The second-order valence-electron chi connectivity index (χ2n) is 4.99. The molecule has 0 aliphatic carbocycles. The Kier molecular flexibility index (Phi) is 4.35. The Morgan fingerprint density at radius 1 is 1.21 bits per heavy atom. The summed E-state index contributed by atoms with van der Waals surface area (Å²) in [6.45, 7) is 6.19. The minimum atomic E-state index is -1.27. The van der Waals surface area contributed by atoms with Gasteiger partial charge < -0.3 is 20.1 Å². The van der Waals surface area contributed by atoms with Crippen molar-refractivity contribution in [2.24, 2.45) is 10.2 Å². The lowest BCUT2D eigenvalue weighted by molar-refractivity contribution is -0.0511. The van der Waals surface area contributed by atoms with Crippen LogP contribution in [0.4, 0.5) is 11.8 Å². The van der Waals surface area contributed by atoms with E-state index in [9.17, 15) is 15.3 Å². The van der Waals surface area contributed by atoms with Gasteiger partial charge in [-0.2, -0.15) is 20.2 Å². The number of aliphatic hydroxyl groups is 3. The number of fused-ring (bicyclic) bond motifs is 1. The number of hydrazone groups is 2. The van der Waals surface area contributed by atoms with E-state index in [0.717, 1.165) is 0 Å². The molecule has 0 saturated carbocycles. The SMILES string of the molecule is C=NNc1nc(NN=C)c2ncn([C@@H]3O[C@H](CO)[C@@H](O)[C@H]3O)c2n1. The van der Waals surface area contributed by atoms with Crippen molar-refractivity contribution in [3.05, 3.63) is 6.33 Å². The Morgan fingerprint density at radius 3 is 2.58 bits per heavy atom. The summed E-state index contributed by atoms with van der Waals surface area (Å²) in [7, 11) is 0. The predicted molar refractivity (Wildman–Crippen MR) is 84.7 cm³/mol. The van der Waals surface area contributed by atoms with Gasteiger partial charge in [0.1, 0.15) is 18.3 Å². The minimum absolute atomic E-state index is 0.108. The molecular weight excluding hydrogens is 320 g/mol. The molecule has 4 atom stereocenters. The van der Waals surface area contributed by atoms with Gasteiger partial charge in [0.25, 0.3) is 0 Å². The van der Waals surface area contributed by atoms with Gasteiger partial charge in [-0.1, -0.05) is 0 Å². The molecule has 0 aromatic carbocycles. The summed E-state index contributed by atoms with van der Waals surface area (Å²) in [4.78, 5) is 12.5. The number of nitrogens with zero attached hydrogens (tertiary/aromatic N) is 6. The van der Waals surface area contributed by atoms with Crippen LogP contribution in [0.15, 0.2) is 16.5 Å². The number of imidazole rings is 1. The van der Waals surface area contributed by atoms with Crippen molar-refractivity contribution in [1.29, 1.82) is 0 Å². The van der Waals surface area contributed by atoms with Crippen molar-refractivity contribution in [3.63, 3.8) is 0 Å². The van der Waals surface area contributed by atoms with Gasteiger partial charge in [0.2, 0.25) is 5.95 Å². The van der Waals surface area contributed by atoms with Crippen LogP contribution >= 0.6 is 0 Å². The molecule has 128 valence electrons. The smallest absolute Gasteiger partial charge is 0.247 e. The van der Waals surface area contributed by atoms with Crippen molar-refractivity contribution in [2.75, 3.05) is 17.5 Å². The van der Waals surface area contributed by atoms with E-state index >= 15 is 0 Å². The first-order valence-electron chi connectivity index (χ1n) is 6.91. The third-order valence-corrected chi connectivity index (χ3v) is 3.58. The van der Waals surface area contributed by atoms with E-state index in [4.69, 9.17) is 4.74 Å². The summed E-state index contributed by atoms with van der Waals surface area (Å²) in [5.74, 6) is 0.365. The molecule has 1 aliphatic heterocycles. The summed E-state index contributed by atoms with van der Waals surface area (Å²) in [5, 5.41) is 36.3. The molecule has 0 unspecified atom stereocenters. The molecular formula is C12H16N8O4. The van der Waals surface area contributed by atoms with Crippen molar-refractivity contribution in [2.45, 2.75) is 24.5 Å². The quantitative estimate of drug-likeness (QED) is 0.312. The number of rotatable bonds is 6. The standard InChI is InChI=1S/C12H16N8O4/c1-13-18-9-6-10(17-12(16-9)19-14-2)20(4-15-6)11-8(23)7(22)5(3-21)24-11/h4-5,7-8,11,21-23H,1-3H2,(H2,16,17,18,19)/t5-,7-,8-,11-/m1/s1. The fraction of sp³-hybridized carbons (Fsp3) is 0.417. The zero-order chi connectivity index (χ0) is 17.3. The van der Waals surface area contributed by atoms with Crippen LogP contribution in [0.5, 0.6) is 0 Å². The van der Waals surface area contributed by atoms with Crippen LogP contribution in [0, 0.1) is 0 Å². The topological polar surface area (TPSA) is 162 Å². The first kappa shape index (κ1) is 16.2. The van der Waals surface area contributed by atoms with E-state index in [1.165, 1.54) is 10.9 Å². The molecule has 12 nitrogen and oxygen atoms in total. The minimum Gasteiger partial charge on any atom is -0.394 e. The Labute approximate surface area is 135 Å². The molecule has 3 rings (SSSR count). The second kappa shape index (κ2) is 6.45. The van der Waals surface area contributed by atoms with Crippen LogP contribution in [0.3, 0.4) is 0 Å². The lowest BCUT2D eigenvalue weighted by Gasteiger charge is -2.16. The lowest BCUT2D eigenvalue weighted by Crippen LogP contribution is -2.33. The number of aliphatic hydroxyl groups excluding tert-OH is 3. The zero-order valence-electron chi connectivity index (χ0n) is 12.4. The van der Waals surface area contributed by atoms with E-state index in [0.29, 0.717) is 5.52 Å². The Morgan fingerprint density at radius 2 is 1.96 bits per heavy atom. The number of anilines is 2. The van der Waals surface area contributed by atoms with Crippen molar-refractivity contribution in [3.8, 4) is 0 Å².